The van der Waals surface area contributed by atoms with Crippen molar-refractivity contribution in [2.24, 2.45) is 0 Å². The Balaban J connectivity index is 3.72. The van der Waals surface area contributed by atoms with Crippen LogP contribution in [0, 0.1) is 12.0 Å². The van der Waals surface area contributed by atoms with Crippen LogP contribution in [0.3, 0.4) is 0 Å². The predicted molar refractivity (Wildman–Crippen MR) is 19.1 cm³/mol. The average Bonchev–Trinajstić information content (AvgIpc) is 1.30. The van der Waals surface area contributed by atoms with Gasteiger partial charge in [-0.2, -0.15) is 8.78 Å². The first-order chi connectivity index (χ1) is 3.06. The van der Waals surface area contributed by atoms with Crippen LogP contribution >= 0.6 is 0 Å². The van der Waals surface area contributed by atoms with Gasteiger partial charge < -0.3 is 0 Å². The molecule has 1 radical (unpaired) electrons. The van der Waals surface area contributed by atoms with Crippen molar-refractivity contribution >= 4 is 0 Å². The van der Waals surface area contributed by atoms with Gasteiger partial charge in [-0.25, -0.2) is 5.11 Å². The van der Waals surface area contributed by atoms with Gasteiger partial charge in [-0.3, -0.25) is 0 Å². The molecule has 0 aromatic rings. The van der Waals surface area contributed by atoms with Crippen molar-refractivity contribution in [3.63, 3.8) is 0 Å². The summed E-state index contributed by atoms with van der Waals surface area (Å²) in [5, 5.41) is 9.10. The van der Waals surface area contributed by atoms with Crippen LogP contribution in [0.5, 0.6) is 0 Å². The Morgan fingerprint density at radius 1 is 1.57 bits per heavy atom. The lowest BCUT2D eigenvalue weighted by Crippen LogP contribution is -2.03. The lowest BCUT2D eigenvalue weighted by Gasteiger charge is -1.93. The molecule has 0 aromatic carbocycles. The average molecular weight is 105 g/mol. The van der Waals surface area contributed by atoms with Gasteiger partial charge in [-0.05, 0) is 0 Å². The second kappa shape index (κ2) is 1.78. The lowest BCUT2D eigenvalue weighted by molar-refractivity contribution is 0.0876. The summed E-state index contributed by atoms with van der Waals surface area (Å²) >= 11 is 0. The van der Waals surface area contributed by atoms with Gasteiger partial charge in [0.1, 0.15) is 0 Å². The zero-order valence-corrected chi connectivity index (χ0v) is 3.66. The summed E-state index contributed by atoms with van der Waals surface area (Å²) in [6.07, 6.45) is 0.858. The van der Waals surface area contributed by atoms with E-state index in [0.29, 0.717) is 6.92 Å². The van der Waals surface area contributed by atoms with Gasteiger partial charge in [0.05, 0.1) is 0 Å². The fourth-order valence-corrected chi connectivity index (χ4v) is 0.0896. The first-order valence-electron chi connectivity index (χ1n) is 1.58. The van der Waals surface area contributed by atoms with E-state index in [2.05, 4.69) is 0 Å². The number of alkyl halides is 2. The van der Waals surface area contributed by atoms with Crippen LogP contribution in [0.1, 0.15) is 6.92 Å². The molecule has 39 valence electrons. The molecule has 0 bridgehead atoms. The number of hydrogen-bond acceptors (Lipinski definition) is 0. The number of halogens is 2. The summed E-state index contributed by atoms with van der Waals surface area (Å²) < 4.78 is 22.7. The summed E-state index contributed by atoms with van der Waals surface area (Å²) in [7, 11) is 0. The van der Waals surface area contributed by atoms with Gasteiger partial charge in [0.2, 0.25) is 0 Å². The van der Waals surface area contributed by atoms with Crippen LogP contribution in [0.4, 0.5) is 8.78 Å². The van der Waals surface area contributed by atoms with Crippen molar-refractivity contribution in [3.8, 4) is 12.0 Å². The maximum Gasteiger partial charge on any atom is 0.308 e. The van der Waals surface area contributed by atoms with Crippen molar-refractivity contribution in [2.75, 3.05) is 0 Å². The SMILES string of the molecule is CC(F)(F)C#C[O]. The third-order valence-electron chi connectivity index (χ3n) is 0.271. The molecule has 0 amide bonds. The van der Waals surface area contributed by atoms with E-state index in [9.17, 15) is 8.78 Å². The lowest BCUT2D eigenvalue weighted by atomic mass is 10.4. The largest absolute Gasteiger partial charge is 0.308 e. The Labute approximate surface area is 40.0 Å². The standard InChI is InChI=1S/C4H3F2O/c1-4(5,6)2-3-7/h1H3. The Bertz CT molecular complexity index is 103. The highest BCUT2D eigenvalue weighted by Crippen LogP contribution is 2.07. The Kier molecular flexibility index (Phi) is 1.58. The quantitative estimate of drug-likeness (QED) is 0.410. The van der Waals surface area contributed by atoms with E-state index in [1.54, 1.807) is 0 Å². The highest BCUT2D eigenvalue weighted by molar-refractivity contribution is 5.00. The van der Waals surface area contributed by atoms with E-state index in [-0.39, 0.29) is 0 Å². The van der Waals surface area contributed by atoms with Crippen molar-refractivity contribution in [1.29, 1.82) is 0 Å². The molecule has 0 aliphatic rings. The smallest absolute Gasteiger partial charge is 0.224 e. The monoisotopic (exact) mass is 105 g/mol. The highest BCUT2D eigenvalue weighted by atomic mass is 19.3. The molecule has 0 N–H and O–H groups in total. The molecule has 0 aromatic heterocycles. The second-order valence-electron chi connectivity index (χ2n) is 1.12. The molecule has 0 heterocycles. The van der Waals surface area contributed by atoms with Gasteiger partial charge in [-0.15, -0.1) is 0 Å². The van der Waals surface area contributed by atoms with Gasteiger partial charge in [0.15, 0.2) is 6.11 Å². The molecule has 0 atom stereocenters. The van der Waals surface area contributed by atoms with Crippen molar-refractivity contribution in [1.82, 2.24) is 0 Å². The molecular formula is C4H3F2O. The van der Waals surface area contributed by atoms with E-state index >= 15 is 0 Å². The molecule has 0 rings (SSSR count). The number of hydrogen-bond donors (Lipinski definition) is 0. The molecule has 0 saturated heterocycles. The minimum atomic E-state index is -3.12. The molecule has 1 nitrogen and oxygen atoms in total. The summed E-state index contributed by atoms with van der Waals surface area (Å²) in [5.41, 5.74) is 0. The molecule has 3 heteroatoms. The molecule has 7 heavy (non-hydrogen) atoms. The fraction of sp³-hybridized carbons (Fsp3) is 0.500. The maximum atomic E-state index is 11.3. The zero-order chi connectivity index (χ0) is 5.91. The van der Waals surface area contributed by atoms with E-state index in [1.807, 2.05) is 0 Å². The normalized spacial score (nSPS) is 9.57. The summed E-state index contributed by atoms with van der Waals surface area (Å²) in [6, 6.07) is 0. The van der Waals surface area contributed by atoms with Crippen LogP contribution in [-0.2, 0) is 5.11 Å². The van der Waals surface area contributed by atoms with Crippen LogP contribution in [0.15, 0.2) is 0 Å². The van der Waals surface area contributed by atoms with E-state index < -0.39 is 5.92 Å². The predicted octanol–water partition coefficient (Wildman–Crippen LogP) is 1.03. The molecular weight excluding hydrogens is 102 g/mol. The van der Waals surface area contributed by atoms with Crippen LogP contribution in [0.2, 0.25) is 0 Å². The summed E-state index contributed by atoms with van der Waals surface area (Å²) in [6.45, 7) is 0.567. The topological polar surface area (TPSA) is 19.9 Å². The first kappa shape index (κ1) is 6.22. The summed E-state index contributed by atoms with van der Waals surface area (Å²) in [4.78, 5) is 0. The van der Waals surface area contributed by atoms with E-state index in [1.165, 1.54) is 0 Å². The Morgan fingerprint density at radius 3 is 2.00 bits per heavy atom. The second-order valence-corrected chi connectivity index (χ2v) is 1.12. The molecule has 0 aliphatic heterocycles. The van der Waals surface area contributed by atoms with Crippen molar-refractivity contribution in [2.45, 2.75) is 12.8 Å². The minimum Gasteiger partial charge on any atom is -0.224 e. The molecule has 0 fully saturated rings. The van der Waals surface area contributed by atoms with Crippen molar-refractivity contribution in [3.05, 3.63) is 0 Å². The zero-order valence-electron chi connectivity index (χ0n) is 3.66. The van der Waals surface area contributed by atoms with Crippen LogP contribution in [0.25, 0.3) is 0 Å². The van der Waals surface area contributed by atoms with E-state index in [0.717, 1.165) is 12.0 Å². The van der Waals surface area contributed by atoms with E-state index in [4.69, 9.17) is 5.11 Å². The molecule has 0 unspecified atom stereocenters. The molecule has 0 spiro atoms. The highest BCUT2D eigenvalue weighted by Gasteiger charge is 2.15. The van der Waals surface area contributed by atoms with Gasteiger partial charge in [0, 0.05) is 12.8 Å². The third-order valence-corrected chi connectivity index (χ3v) is 0.271. The van der Waals surface area contributed by atoms with Crippen LogP contribution < -0.4 is 0 Å². The van der Waals surface area contributed by atoms with Crippen molar-refractivity contribution < 1.29 is 13.9 Å². The van der Waals surface area contributed by atoms with Gasteiger partial charge >= 0.3 is 5.92 Å². The molecule has 0 saturated carbocycles. The fourth-order valence-electron chi connectivity index (χ4n) is 0.0896. The maximum absolute atomic E-state index is 11.3. The Hall–Kier alpha value is -0.780. The first-order valence-corrected chi connectivity index (χ1v) is 1.58. The van der Waals surface area contributed by atoms with Gasteiger partial charge in [0.25, 0.3) is 0 Å². The third kappa shape index (κ3) is 5.22. The molecule has 0 aliphatic carbocycles. The minimum absolute atomic E-state index is 0.567. The van der Waals surface area contributed by atoms with Gasteiger partial charge in [-0.1, -0.05) is 0 Å². The summed E-state index contributed by atoms with van der Waals surface area (Å²) in [5.74, 6) is -1.98. The Morgan fingerprint density at radius 2 is 2.00 bits per heavy atom. The van der Waals surface area contributed by atoms with Crippen LogP contribution in [-0.4, -0.2) is 5.92 Å². The number of rotatable bonds is 0.